The van der Waals surface area contributed by atoms with Crippen molar-refractivity contribution in [3.8, 4) is 17.0 Å². The number of hydrogen-bond acceptors (Lipinski definition) is 6. The monoisotopic (exact) mass is 525 g/mol. The van der Waals surface area contributed by atoms with E-state index >= 15 is 0 Å². The predicted octanol–water partition coefficient (Wildman–Crippen LogP) is 5.34. The van der Waals surface area contributed by atoms with Gasteiger partial charge in [0.1, 0.15) is 17.3 Å². The second-order valence-corrected chi connectivity index (χ2v) is 8.75. The lowest BCUT2D eigenvalue weighted by molar-refractivity contribution is -0.265. The number of alkyl halides is 3. The Morgan fingerprint density at radius 2 is 1.94 bits per heavy atom. The number of methoxy groups -OCH3 is 1. The third-order valence-corrected chi connectivity index (χ3v) is 6.34. The molecule has 1 atom stereocenters. The summed E-state index contributed by atoms with van der Waals surface area (Å²) >= 11 is 7.08. The first-order valence-electron chi connectivity index (χ1n) is 9.95. The molecule has 0 radical (unpaired) electrons. The molecule has 1 unspecified atom stereocenters. The largest absolute Gasteiger partial charge is 0.494 e. The summed E-state index contributed by atoms with van der Waals surface area (Å²) in [5, 5.41) is 12.6. The Balaban J connectivity index is 1.69. The summed E-state index contributed by atoms with van der Waals surface area (Å²) < 4.78 is 61.7. The number of nitrogens with zero attached hydrogens (tertiary/aromatic N) is 2. The summed E-state index contributed by atoms with van der Waals surface area (Å²) in [4.78, 5) is 20.6. The maximum atomic E-state index is 14.1. The summed E-state index contributed by atoms with van der Waals surface area (Å²) in [5.41, 5.74) is -1.93. The second kappa shape index (κ2) is 9.40. The van der Waals surface area contributed by atoms with Crippen molar-refractivity contribution in [2.75, 3.05) is 13.7 Å². The fourth-order valence-electron chi connectivity index (χ4n) is 3.33. The molecule has 2 aromatic heterocycles. The Morgan fingerprint density at radius 1 is 1.17 bits per heavy atom. The van der Waals surface area contributed by atoms with Crippen molar-refractivity contribution in [3.63, 3.8) is 0 Å². The molecule has 0 aliphatic carbocycles. The molecule has 2 N–H and O–H groups in total. The van der Waals surface area contributed by atoms with Gasteiger partial charge in [0.15, 0.2) is 0 Å². The zero-order valence-electron chi connectivity index (χ0n) is 17.9. The topological polar surface area (TPSA) is 84.3 Å². The summed E-state index contributed by atoms with van der Waals surface area (Å²) in [5.74, 6) is -1.47. The smallest absolute Gasteiger partial charge is 0.424 e. The number of carbonyl (C=O) groups is 1. The van der Waals surface area contributed by atoms with Crippen molar-refractivity contribution in [1.29, 1.82) is 0 Å². The standard InChI is InChI=1S/C23H16ClF4N3O3S/c1-34-17-6-7-19(31-20(17)12-2-4-15(25)14(24)8-12)22(33,23(26,27)28)10-29-21(32)13-3-5-16-18(9-13)35-11-30-16/h2-9,11,33H,10H2,1H3,(H,29,32). The van der Waals surface area contributed by atoms with Gasteiger partial charge < -0.3 is 15.2 Å². The maximum absolute atomic E-state index is 14.1. The van der Waals surface area contributed by atoms with Crippen molar-refractivity contribution in [1.82, 2.24) is 15.3 Å². The van der Waals surface area contributed by atoms with Crippen LogP contribution in [-0.2, 0) is 5.60 Å². The molecular weight excluding hydrogens is 510 g/mol. The van der Waals surface area contributed by atoms with Gasteiger partial charge in [-0.1, -0.05) is 11.6 Å². The number of halogens is 5. The SMILES string of the molecule is COc1ccc(C(O)(CNC(=O)c2ccc3ncsc3c2)C(F)(F)F)nc1-c1ccc(F)c(Cl)c1. The molecule has 2 heterocycles. The van der Waals surface area contributed by atoms with E-state index in [0.29, 0.717) is 10.2 Å². The van der Waals surface area contributed by atoms with Crippen LogP contribution in [0.15, 0.2) is 54.0 Å². The van der Waals surface area contributed by atoms with E-state index in [1.165, 1.54) is 48.8 Å². The van der Waals surface area contributed by atoms with Crippen LogP contribution in [0.3, 0.4) is 0 Å². The van der Waals surface area contributed by atoms with Crippen LogP contribution in [0, 0.1) is 5.82 Å². The van der Waals surface area contributed by atoms with Gasteiger partial charge in [-0.3, -0.25) is 4.79 Å². The van der Waals surface area contributed by atoms with Gasteiger partial charge >= 0.3 is 6.18 Å². The molecule has 0 aliphatic rings. The minimum Gasteiger partial charge on any atom is -0.494 e. The summed E-state index contributed by atoms with van der Waals surface area (Å²) in [6.07, 6.45) is -5.21. The van der Waals surface area contributed by atoms with Crippen molar-refractivity contribution >= 4 is 39.1 Å². The van der Waals surface area contributed by atoms with Crippen LogP contribution in [0.2, 0.25) is 5.02 Å². The molecule has 0 bridgehead atoms. The first-order chi connectivity index (χ1) is 16.5. The van der Waals surface area contributed by atoms with Crippen LogP contribution >= 0.6 is 22.9 Å². The number of ether oxygens (including phenoxy) is 1. The van der Waals surface area contributed by atoms with E-state index in [1.54, 1.807) is 11.6 Å². The maximum Gasteiger partial charge on any atom is 0.424 e. The van der Waals surface area contributed by atoms with Crippen LogP contribution in [0.5, 0.6) is 5.75 Å². The van der Waals surface area contributed by atoms with Crippen molar-refractivity contribution < 1.29 is 32.2 Å². The number of benzene rings is 2. The number of aromatic nitrogens is 2. The molecule has 0 spiro atoms. The summed E-state index contributed by atoms with van der Waals surface area (Å²) in [7, 11) is 1.28. The number of carbonyl (C=O) groups excluding carboxylic acids is 1. The molecule has 2 aromatic carbocycles. The van der Waals surface area contributed by atoms with E-state index in [0.717, 1.165) is 12.1 Å². The molecule has 12 heteroatoms. The number of nitrogens with one attached hydrogen (secondary N) is 1. The van der Waals surface area contributed by atoms with Gasteiger partial charge in [0.2, 0.25) is 5.60 Å². The molecule has 4 aromatic rings. The molecule has 0 fully saturated rings. The van der Waals surface area contributed by atoms with E-state index in [2.05, 4.69) is 15.3 Å². The highest BCUT2D eigenvalue weighted by atomic mass is 35.5. The van der Waals surface area contributed by atoms with Gasteiger partial charge in [-0.15, -0.1) is 11.3 Å². The average Bonchev–Trinajstić information content (AvgIpc) is 3.31. The predicted molar refractivity (Wildman–Crippen MR) is 123 cm³/mol. The first-order valence-corrected chi connectivity index (χ1v) is 11.2. The zero-order valence-corrected chi connectivity index (χ0v) is 19.4. The minimum absolute atomic E-state index is 0.0721. The Labute approximate surface area is 205 Å². The number of hydrogen-bond donors (Lipinski definition) is 2. The number of amides is 1. The van der Waals surface area contributed by atoms with E-state index in [-0.39, 0.29) is 27.6 Å². The zero-order chi connectivity index (χ0) is 25.4. The van der Waals surface area contributed by atoms with E-state index in [1.807, 2.05) is 0 Å². The number of fused-ring (bicyclic) bond motifs is 1. The molecule has 1 amide bonds. The van der Waals surface area contributed by atoms with Crippen LogP contribution in [0.1, 0.15) is 16.1 Å². The Kier molecular flexibility index (Phi) is 6.67. The van der Waals surface area contributed by atoms with Gasteiger partial charge in [0, 0.05) is 11.1 Å². The van der Waals surface area contributed by atoms with Crippen LogP contribution in [-0.4, -0.2) is 40.8 Å². The van der Waals surface area contributed by atoms with Gasteiger partial charge in [0.25, 0.3) is 5.91 Å². The Morgan fingerprint density at radius 3 is 2.63 bits per heavy atom. The molecule has 0 saturated heterocycles. The van der Waals surface area contributed by atoms with E-state index in [9.17, 15) is 27.5 Å². The van der Waals surface area contributed by atoms with Gasteiger partial charge in [-0.25, -0.2) is 14.4 Å². The van der Waals surface area contributed by atoms with Gasteiger partial charge in [-0.05, 0) is 48.5 Å². The second-order valence-electron chi connectivity index (χ2n) is 7.45. The van der Waals surface area contributed by atoms with Crippen LogP contribution in [0.4, 0.5) is 17.6 Å². The minimum atomic E-state index is -5.21. The normalized spacial score (nSPS) is 13.5. The quantitative estimate of drug-likeness (QED) is 0.332. The number of pyridine rings is 1. The van der Waals surface area contributed by atoms with Crippen LogP contribution in [0.25, 0.3) is 21.5 Å². The molecule has 35 heavy (non-hydrogen) atoms. The fraction of sp³-hybridized carbons (Fsp3) is 0.174. The number of thiazole rings is 1. The van der Waals surface area contributed by atoms with Crippen molar-refractivity contribution in [2.24, 2.45) is 0 Å². The van der Waals surface area contributed by atoms with E-state index < -0.39 is 35.7 Å². The summed E-state index contributed by atoms with van der Waals surface area (Å²) in [6.45, 7) is -1.21. The number of rotatable bonds is 6. The highest BCUT2D eigenvalue weighted by molar-refractivity contribution is 7.16. The third-order valence-electron chi connectivity index (χ3n) is 5.26. The molecule has 182 valence electrons. The lowest BCUT2D eigenvalue weighted by atomic mass is 9.96. The summed E-state index contributed by atoms with van der Waals surface area (Å²) in [6, 6.07) is 10.1. The molecule has 4 rings (SSSR count). The van der Waals surface area contributed by atoms with Crippen LogP contribution < -0.4 is 10.1 Å². The van der Waals surface area contributed by atoms with Crippen molar-refractivity contribution in [3.05, 3.63) is 76.1 Å². The fourth-order valence-corrected chi connectivity index (χ4v) is 4.23. The third kappa shape index (κ3) is 4.79. The van der Waals surface area contributed by atoms with Gasteiger partial charge in [-0.2, -0.15) is 13.2 Å². The molecule has 0 aliphatic heterocycles. The van der Waals surface area contributed by atoms with Gasteiger partial charge in [0.05, 0.1) is 40.1 Å². The highest BCUT2D eigenvalue weighted by Crippen LogP contribution is 2.40. The average molecular weight is 526 g/mol. The Bertz CT molecular complexity index is 1410. The lowest BCUT2D eigenvalue weighted by Gasteiger charge is -2.30. The number of aliphatic hydroxyl groups is 1. The molecule has 0 saturated carbocycles. The van der Waals surface area contributed by atoms with E-state index in [4.69, 9.17) is 16.3 Å². The van der Waals surface area contributed by atoms with Crippen molar-refractivity contribution in [2.45, 2.75) is 11.8 Å². The lowest BCUT2D eigenvalue weighted by Crippen LogP contribution is -2.51. The molecule has 6 nitrogen and oxygen atoms in total. The highest BCUT2D eigenvalue weighted by Gasteiger charge is 2.56. The first kappa shape index (κ1) is 24.8. The Hall–Kier alpha value is -3.28. The molecular formula is C23H16ClF4N3O3S.